The molecule has 3 aromatic rings. The number of hydrogen-bond acceptors (Lipinski definition) is 6. The van der Waals surface area contributed by atoms with Crippen molar-refractivity contribution >= 4 is 86.8 Å². The van der Waals surface area contributed by atoms with Crippen molar-refractivity contribution in [1.82, 2.24) is 5.43 Å². The first kappa shape index (κ1) is 25.9. The van der Waals surface area contributed by atoms with Gasteiger partial charge in [0.15, 0.2) is 10.9 Å². The van der Waals surface area contributed by atoms with Crippen molar-refractivity contribution in [2.45, 2.75) is 13.8 Å². The molecule has 1 aromatic heterocycles. The lowest BCUT2D eigenvalue weighted by molar-refractivity contribution is -0.131. The summed E-state index contributed by atoms with van der Waals surface area (Å²) in [5.41, 5.74) is 5.00. The van der Waals surface area contributed by atoms with E-state index in [1.807, 2.05) is 0 Å². The van der Waals surface area contributed by atoms with Crippen molar-refractivity contribution in [3.63, 3.8) is 0 Å². The molecule has 0 unspecified atom stereocenters. The molecule has 176 valence electrons. The molecule has 0 amide bonds. The van der Waals surface area contributed by atoms with Crippen molar-refractivity contribution in [1.29, 1.82) is 0 Å². The van der Waals surface area contributed by atoms with Gasteiger partial charge in [-0.15, -0.1) is 11.3 Å². The summed E-state index contributed by atoms with van der Waals surface area (Å²) >= 11 is 24.7. The summed E-state index contributed by atoms with van der Waals surface area (Å²) in [6, 6.07) is 9.47. The van der Waals surface area contributed by atoms with Gasteiger partial charge in [-0.05, 0) is 55.0 Å². The van der Waals surface area contributed by atoms with E-state index in [1.54, 1.807) is 30.5 Å². The number of carboxylic acids is 1. The number of thiocarbonyl (C=S) groups is 1. The van der Waals surface area contributed by atoms with E-state index >= 15 is 0 Å². The molecular weight excluding hydrogens is 541 g/mol. The third-order valence-electron chi connectivity index (χ3n) is 4.35. The Kier molecular flexibility index (Phi) is 8.51. The van der Waals surface area contributed by atoms with Crippen molar-refractivity contribution < 1.29 is 19.4 Å². The lowest BCUT2D eigenvalue weighted by atomic mass is 10.1. The van der Waals surface area contributed by atoms with Crippen LogP contribution in [0.5, 0.6) is 5.75 Å². The van der Waals surface area contributed by atoms with E-state index in [1.165, 1.54) is 36.5 Å². The number of carbonyl (C=O) groups excluding carboxylic acids is 1. The Balaban J connectivity index is 1.81. The highest BCUT2D eigenvalue weighted by Gasteiger charge is 2.20. The fraction of sp³-hybridized carbons (Fsp3) is 0.0909. The van der Waals surface area contributed by atoms with Crippen LogP contribution in [0.25, 0.3) is 10.4 Å². The molecule has 3 rings (SSSR count). The zero-order valence-electron chi connectivity index (χ0n) is 17.6. The third kappa shape index (κ3) is 6.25. The largest absolute Gasteiger partial charge is 0.478 e. The predicted octanol–water partition coefficient (Wildman–Crippen LogP) is 6.71. The molecule has 12 heteroatoms. The molecule has 0 aliphatic carbocycles. The summed E-state index contributed by atoms with van der Waals surface area (Å²) in [5, 5.41) is 19.0. The van der Waals surface area contributed by atoms with E-state index in [2.05, 4.69) is 15.8 Å². The van der Waals surface area contributed by atoms with Gasteiger partial charge in [0.25, 0.3) is 0 Å². The minimum atomic E-state index is -1.13. The van der Waals surface area contributed by atoms with Gasteiger partial charge in [-0.1, -0.05) is 40.9 Å². The van der Waals surface area contributed by atoms with Gasteiger partial charge < -0.3 is 15.2 Å². The molecule has 34 heavy (non-hydrogen) atoms. The number of hydrogen-bond donors (Lipinski definition) is 3. The van der Waals surface area contributed by atoms with Crippen LogP contribution >= 0.6 is 58.4 Å². The Morgan fingerprint density at radius 3 is 2.38 bits per heavy atom. The Morgan fingerprint density at radius 1 is 1.03 bits per heavy atom. The summed E-state index contributed by atoms with van der Waals surface area (Å²) in [7, 11) is 0. The number of aromatic carboxylic acids is 1. The fourth-order valence-corrected chi connectivity index (χ4v) is 4.56. The van der Waals surface area contributed by atoms with Crippen LogP contribution in [0.3, 0.4) is 0 Å². The van der Waals surface area contributed by atoms with Gasteiger partial charge in [0.2, 0.25) is 0 Å². The molecule has 0 saturated heterocycles. The number of esters is 1. The maximum atomic E-state index is 11.8. The zero-order valence-corrected chi connectivity index (χ0v) is 21.5. The summed E-state index contributed by atoms with van der Waals surface area (Å²) in [5.74, 6) is -1.27. The Bertz CT molecular complexity index is 1320. The molecule has 1 heterocycles. The van der Waals surface area contributed by atoms with Gasteiger partial charge in [0, 0.05) is 18.0 Å². The van der Waals surface area contributed by atoms with Gasteiger partial charge in [-0.25, -0.2) is 4.79 Å². The van der Waals surface area contributed by atoms with Crippen molar-refractivity contribution in [3.8, 4) is 16.2 Å². The van der Waals surface area contributed by atoms with Crippen LogP contribution < -0.4 is 15.5 Å². The smallest absolute Gasteiger partial charge is 0.337 e. The van der Waals surface area contributed by atoms with Crippen molar-refractivity contribution in [2.24, 2.45) is 5.10 Å². The number of nitrogens with zero attached hydrogens (tertiary/aromatic N) is 1. The number of thiophene rings is 1. The number of nitrogens with one attached hydrogen (secondary N) is 2. The number of carbonyl (C=O) groups is 2. The van der Waals surface area contributed by atoms with Gasteiger partial charge in [0.05, 0.1) is 36.8 Å². The number of halogens is 3. The number of benzene rings is 2. The number of carboxylic acid groups (broad SMARTS) is 1. The van der Waals surface area contributed by atoms with Gasteiger partial charge in [-0.3, -0.25) is 10.2 Å². The van der Waals surface area contributed by atoms with Crippen LogP contribution in [-0.2, 0) is 4.79 Å². The normalized spacial score (nSPS) is 11.1. The lowest BCUT2D eigenvalue weighted by Gasteiger charge is -2.10. The second-order valence-electron chi connectivity index (χ2n) is 6.79. The molecule has 0 spiro atoms. The first-order chi connectivity index (χ1) is 16.1. The number of hydrazone groups is 1. The Hall–Kier alpha value is -2.69. The second-order valence-corrected chi connectivity index (χ2v) is 9.30. The highest BCUT2D eigenvalue weighted by atomic mass is 35.5. The zero-order chi connectivity index (χ0) is 25.0. The lowest BCUT2D eigenvalue weighted by Crippen LogP contribution is -2.25. The van der Waals surface area contributed by atoms with E-state index in [-0.39, 0.29) is 15.7 Å². The van der Waals surface area contributed by atoms with Gasteiger partial charge in [0.1, 0.15) is 0 Å². The topological polar surface area (TPSA) is 100 Å². The molecule has 0 atom stereocenters. The van der Waals surface area contributed by atoms with Crippen LogP contribution in [0.4, 0.5) is 5.69 Å². The van der Waals surface area contributed by atoms with E-state index in [0.29, 0.717) is 37.6 Å². The summed E-state index contributed by atoms with van der Waals surface area (Å²) < 4.78 is 5.48. The number of ether oxygens (including phenoxy) is 1. The van der Waals surface area contributed by atoms with E-state index < -0.39 is 11.9 Å². The van der Waals surface area contributed by atoms with Crippen LogP contribution in [0.2, 0.25) is 15.1 Å². The van der Waals surface area contributed by atoms with Crippen molar-refractivity contribution in [3.05, 3.63) is 68.0 Å². The highest BCUT2D eigenvalue weighted by Crippen LogP contribution is 2.41. The van der Waals surface area contributed by atoms with Crippen LogP contribution in [0.1, 0.15) is 29.8 Å². The van der Waals surface area contributed by atoms with E-state index in [0.717, 1.165) is 5.56 Å². The molecule has 0 aliphatic rings. The Morgan fingerprint density at radius 2 is 1.76 bits per heavy atom. The predicted molar refractivity (Wildman–Crippen MR) is 141 cm³/mol. The summed E-state index contributed by atoms with van der Waals surface area (Å²) in [6.45, 7) is 3.03. The number of anilines is 1. The second kappa shape index (κ2) is 11.2. The average molecular weight is 557 g/mol. The Labute approximate surface area is 219 Å². The molecule has 7 nitrogen and oxygen atoms in total. The molecule has 2 aromatic carbocycles. The third-order valence-corrected chi connectivity index (χ3v) is 6.60. The first-order valence-electron chi connectivity index (χ1n) is 9.46. The van der Waals surface area contributed by atoms with Crippen molar-refractivity contribution in [2.75, 3.05) is 5.32 Å². The molecule has 0 fully saturated rings. The molecule has 0 bridgehead atoms. The van der Waals surface area contributed by atoms with E-state index in [9.17, 15) is 9.59 Å². The van der Waals surface area contributed by atoms with Gasteiger partial charge >= 0.3 is 11.9 Å². The maximum Gasteiger partial charge on any atom is 0.337 e. The minimum absolute atomic E-state index is 0.0202. The number of rotatable bonds is 6. The standard InChI is InChI=1S/C22H16Cl3N3O4S2/c1-10(27-28-22(33)26-13-4-5-14(21(30)31)17(24)8-13)15-9-34-20(19(15)32-11(2)29)12-3-6-16(23)18(25)7-12/h3-9H,1-2H3,(H,30,31)(H2,26,28,33). The SMILES string of the molecule is CC(=O)Oc1c(C(C)=NNC(=S)Nc2ccc(C(=O)O)c(Cl)c2)csc1-c1ccc(Cl)c(Cl)c1. The molecular formula is C22H16Cl3N3O4S2. The minimum Gasteiger partial charge on any atom is -0.478 e. The summed E-state index contributed by atoms with van der Waals surface area (Å²) in [6.07, 6.45) is 0. The van der Waals surface area contributed by atoms with Crippen LogP contribution in [0, 0.1) is 0 Å². The van der Waals surface area contributed by atoms with Gasteiger partial charge in [-0.2, -0.15) is 5.10 Å². The van der Waals surface area contributed by atoms with Crippen LogP contribution in [0.15, 0.2) is 46.9 Å². The molecule has 0 aliphatic heterocycles. The molecule has 0 saturated carbocycles. The molecule has 0 radical (unpaired) electrons. The fourth-order valence-electron chi connectivity index (χ4n) is 2.80. The monoisotopic (exact) mass is 555 g/mol. The van der Waals surface area contributed by atoms with E-state index in [4.69, 9.17) is 56.9 Å². The molecule has 3 N–H and O–H groups in total. The highest BCUT2D eigenvalue weighted by molar-refractivity contribution is 7.80. The van der Waals surface area contributed by atoms with Crippen LogP contribution in [-0.4, -0.2) is 27.9 Å². The first-order valence-corrected chi connectivity index (χ1v) is 11.9. The maximum absolute atomic E-state index is 11.8. The quantitative estimate of drug-likeness (QED) is 0.134. The average Bonchev–Trinajstić information content (AvgIpc) is 3.16. The summed E-state index contributed by atoms with van der Waals surface area (Å²) in [4.78, 5) is 23.5.